The lowest BCUT2D eigenvalue weighted by Crippen LogP contribution is -2.32. The minimum Gasteiger partial charge on any atom is -0.325 e. The summed E-state index contributed by atoms with van der Waals surface area (Å²) < 4.78 is 39.3. The van der Waals surface area contributed by atoms with Crippen LogP contribution in [0, 0.1) is 11.3 Å². The van der Waals surface area contributed by atoms with Gasteiger partial charge in [0.1, 0.15) is 6.04 Å². The van der Waals surface area contributed by atoms with E-state index < -0.39 is 35.3 Å². The van der Waals surface area contributed by atoms with E-state index in [-0.39, 0.29) is 12.1 Å². The number of nitrogens with zero attached hydrogens (tertiary/aromatic N) is 2. The van der Waals surface area contributed by atoms with Crippen molar-refractivity contribution in [2.75, 3.05) is 4.90 Å². The first-order valence-electron chi connectivity index (χ1n) is 7.61. The van der Waals surface area contributed by atoms with Crippen LogP contribution in [0.3, 0.4) is 0 Å². The fourth-order valence-corrected chi connectivity index (χ4v) is 2.77. The number of halogens is 3. The second-order valence-corrected chi connectivity index (χ2v) is 5.70. The summed E-state index contributed by atoms with van der Waals surface area (Å²) in [6, 6.07) is 11.5. The van der Waals surface area contributed by atoms with Crippen molar-refractivity contribution >= 4 is 17.6 Å². The Balaban J connectivity index is 1.91. The lowest BCUT2D eigenvalue weighted by atomic mass is 10.0. The Kier molecular flexibility index (Phi) is 4.38. The summed E-state index contributed by atoms with van der Waals surface area (Å²) in [4.78, 5) is 25.4. The van der Waals surface area contributed by atoms with Crippen LogP contribution in [-0.2, 0) is 17.4 Å². The van der Waals surface area contributed by atoms with Gasteiger partial charge in [-0.2, -0.15) is 18.4 Å². The highest BCUT2D eigenvalue weighted by atomic mass is 19.4. The number of hydrogen-bond donors (Lipinski definition) is 1. The van der Waals surface area contributed by atoms with Crippen molar-refractivity contribution in [3.05, 3.63) is 65.2 Å². The average Bonchev–Trinajstić information content (AvgIpc) is 2.88. The zero-order valence-corrected chi connectivity index (χ0v) is 13.2. The van der Waals surface area contributed by atoms with E-state index in [1.807, 2.05) is 0 Å². The summed E-state index contributed by atoms with van der Waals surface area (Å²) >= 11 is 0. The third kappa shape index (κ3) is 3.24. The normalized spacial score (nSPS) is 17.2. The highest BCUT2D eigenvalue weighted by Gasteiger charge is 2.41. The molecule has 5 nitrogen and oxygen atoms in total. The van der Waals surface area contributed by atoms with Crippen LogP contribution in [0.4, 0.5) is 23.7 Å². The minimum absolute atomic E-state index is 0.227. The molecule has 1 N–H and O–H groups in total. The standard InChI is InChI=1S/C18H12F3N3O2/c19-18(20,21)14-9-13(7-6-12(14)10-22)24-16(25)15(23-17(24)26)8-11-4-2-1-3-5-11/h1-7,9,15H,8H2,(H,23,26). The van der Waals surface area contributed by atoms with E-state index in [4.69, 9.17) is 5.26 Å². The quantitative estimate of drug-likeness (QED) is 0.855. The van der Waals surface area contributed by atoms with Crippen molar-refractivity contribution in [3.63, 3.8) is 0 Å². The summed E-state index contributed by atoms with van der Waals surface area (Å²) in [6.45, 7) is 0. The van der Waals surface area contributed by atoms with Crippen molar-refractivity contribution < 1.29 is 22.8 Å². The number of benzene rings is 2. The number of alkyl halides is 3. The Morgan fingerprint density at radius 1 is 1.12 bits per heavy atom. The Hall–Kier alpha value is -3.34. The lowest BCUT2D eigenvalue weighted by Gasteiger charge is -2.16. The smallest absolute Gasteiger partial charge is 0.325 e. The maximum atomic E-state index is 13.1. The first-order valence-corrected chi connectivity index (χ1v) is 7.61. The fraction of sp³-hybridized carbons (Fsp3) is 0.167. The van der Waals surface area contributed by atoms with Crippen LogP contribution < -0.4 is 10.2 Å². The number of amides is 3. The third-order valence-corrected chi connectivity index (χ3v) is 3.99. The molecule has 0 saturated carbocycles. The summed E-state index contributed by atoms with van der Waals surface area (Å²) in [6.07, 6.45) is -4.55. The molecule has 2 aromatic carbocycles. The van der Waals surface area contributed by atoms with Crippen LogP contribution in [-0.4, -0.2) is 18.0 Å². The highest BCUT2D eigenvalue weighted by molar-refractivity contribution is 6.21. The van der Waals surface area contributed by atoms with Crippen LogP contribution in [0.5, 0.6) is 0 Å². The van der Waals surface area contributed by atoms with E-state index in [0.29, 0.717) is 11.0 Å². The van der Waals surface area contributed by atoms with Gasteiger partial charge in [-0.1, -0.05) is 30.3 Å². The van der Waals surface area contributed by atoms with E-state index >= 15 is 0 Å². The molecule has 1 heterocycles. The van der Waals surface area contributed by atoms with E-state index in [1.54, 1.807) is 30.3 Å². The molecule has 8 heteroatoms. The zero-order chi connectivity index (χ0) is 18.9. The second-order valence-electron chi connectivity index (χ2n) is 5.70. The first-order chi connectivity index (χ1) is 12.3. The fourth-order valence-electron chi connectivity index (χ4n) is 2.77. The number of imide groups is 1. The van der Waals surface area contributed by atoms with E-state index in [0.717, 1.165) is 17.7 Å². The maximum Gasteiger partial charge on any atom is 0.417 e. The Labute approximate surface area is 146 Å². The summed E-state index contributed by atoms with van der Waals surface area (Å²) in [5.74, 6) is -0.642. The van der Waals surface area contributed by atoms with Crippen molar-refractivity contribution in [3.8, 4) is 6.07 Å². The summed E-state index contributed by atoms with van der Waals surface area (Å²) in [5, 5.41) is 11.3. The van der Waals surface area contributed by atoms with E-state index in [9.17, 15) is 22.8 Å². The number of rotatable bonds is 3. The molecule has 0 radical (unpaired) electrons. The SMILES string of the molecule is N#Cc1ccc(N2C(=O)NC(Cc3ccccc3)C2=O)cc1C(F)(F)F. The number of urea groups is 1. The van der Waals surface area contributed by atoms with Crippen LogP contribution in [0.25, 0.3) is 0 Å². The van der Waals surface area contributed by atoms with Crippen LogP contribution in [0.2, 0.25) is 0 Å². The molecular formula is C18H12F3N3O2. The van der Waals surface area contributed by atoms with Gasteiger partial charge in [0.15, 0.2) is 0 Å². The molecule has 1 aliphatic rings. The Morgan fingerprint density at radius 2 is 1.81 bits per heavy atom. The molecule has 3 rings (SSSR count). The molecule has 132 valence electrons. The van der Waals surface area contributed by atoms with Gasteiger partial charge in [0.25, 0.3) is 5.91 Å². The summed E-state index contributed by atoms with van der Waals surface area (Å²) in [5.41, 5.74) is -1.18. The average molecular weight is 359 g/mol. The van der Waals surface area contributed by atoms with Crippen molar-refractivity contribution in [2.24, 2.45) is 0 Å². The predicted molar refractivity (Wildman–Crippen MR) is 86.1 cm³/mol. The van der Waals surface area contributed by atoms with Crippen LogP contribution in [0.1, 0.15) is 16.7 Å². The monoisotopic (exact) mass is 359 g/mol. The predicted octanol–water partition coefficient (Wildman–Crippen LogP) is 3.24. The molecule has 1 fully saturated rings. The van der Waals surface area contributed by atoms with Gasteiger partial charge in [-0.25, -0.2) is 9.69 Å². The molecule has 1 saturated heterocycles. The van der Waals surface area contributed by atoms with Gasteiger partial charge in [-0.05, 0) is 23.8 Å². The Morgan fingerprint density at radius 3 is 2.42 bits per heavy atom. The molecular weight excluding hydrogens is 347 g/mol. The van der Waals surface area contributed by atoms with Gasteiger partial charge in [-0.3, -0.25) is 4.79 Å². The van der Waals surface area contributed by atoms with Gasteiger partial charge < -0.3 is 5.32 Å². The highest BCUT2D eigenvalue weighted by Crippen LogP contribution is 2.35. The first kappa shape index (κ1) is 17.5. The van der Waals surface area contributed by atoms with E-state index in [2.05, 4.69) is 5.32 Å². The second kappa shape index (κ2) is 6.52. The third-order valence-electron chi connectivity index (χ3n) is 3.99. The number of nitrogens with one attached hydrogen (secondary N) is 1. The molecule has 1 unspecified atom stereocenters. The molecule has 1 aliphatic heterocycles. The zero-order valence-electron chi connectivity index (χ0n) is 13.2. The number of nitriles is 1. The van der Waals surface area contributed by atoms with Crippen molar-refractivity contribution in [1.82, 2.24) is 5.32 Å². The molecule has 1 atom stereocenters. The molecule has 3 amide bonds. The number of carbonyl (C=O) groups is 2. The number of anilines is 1. The van der Waals surface area contributed by atoms with Crippen molar-refractivity contribution in [2.45, 2.75) is 18.6 Å². The lowest BCUT2D eigenvalue weighted by molar-refractivity contribution is -0.137. The molecule has 0 spiro atoms. The topological polar surface area (TPSA) is 73.2 Å². The van der Waals surface area contributed by atoms with E-state index in [1.165, 1.54) is 6.07 Å². The molecule has 0 aromatic heterocycles. The molecule has 0 bridgehead atoms. The molecule has 2 aromatic rings. The number of hydrogen-bond acceptors (Lipinski definition) is 3. The van der Waals surface area contributed by atoms with Gasteiger partial charge in [-0.15, -0.1) is 0 Å². The van der Waals surface area contributed by atoms with Gasteiger partial charge in [0, 0.05) is 6.42 Å². The molecule has 0 aliphatic carbocycles. The van der Waals surface area contributed by atoms with Gasteiger partial charge in [0.2, 0.25) is 0 Å². The van der Waals surface area contributed by atoms with Crippen LogP contribution >= 0.6 is 0 Å². The summed E-state index contributed by atoms with van der Waals surface area (Å²) in [7, 11) is 0. The minimum atomic E-state index is -4.77. The Bertz CT molecular complexity index is 904. The largest absolute Gasteiger partial charge is 0.417 e. The van der Waals surface area contributed by atoms with Crippen LogP contribution in [0.15, 0.2) is 48.5 Å². The molecule has 26 heavy (non-hydrogen) atoms. The van der Waals surface area contributed by atoms with Gasteiger partial charge >= 0.3 is 12.2 Å². The van der Waals surface area contributed by atoms with Gasteiger partial charge in [0.05, 0.1) is 22.9 Å². The number of carbonyl (C=O) groups excluding carboxylic acids is 2. The maximum absolute atomic E-state index is 13.1. The van der Waals surface area contributed by atoms with Crippen molar-refractivity contribution in [1.29, 1.82) is 5.26 Å².